The molecule has 2 N–H and O–H groups in total. The molecule has 0 radical (unpaired) electrons. The average molecular weight is 331 g/mol. The van der Waals surface area contributed by atoms with Crippen LogP contribution in [0.15, 0.2) is 41.0 Å². The van der Waals surface area contributed by atoms with Crippen molar-refractivity contribution < 1.29 is 18.4 Å². The van der Waals surface area contributed by atoms with Crippen molar-refractivity contribution in [3.8, 4) is 0 Å². The number of carbonyl (C=O) groups is 2. The molecule has 2 amide bonds. The summed E-state index contributed by atoms with van der Waals surface area (Å²) in [7, 11) is 0. The summed E-state index contributed by atoms with van der Waals surface area (Å²) in [4.78, 5) is 26.7. The van der Waals surface area contributed by atoms with E-state index in [1.165, 1.54) is 35.4 Å². The SMILES string of the molecule is Cc1ccoc1C(=O)N1CCNCC1C(=O)Nc1ccc(F)cc1. The molecule has 1 atom stereocenters. The monoisotopic (exact) mass is 331 g/mol. The molecule has 0 bridgehead atoms. The highest BCUT2D eigenvalue weighted by Gasteiger charge is 2.34. The second kappa shape index (κ2) is 6.84. The van der Waals surface area contributed by atoms with E-state index in [2.05, 4.69) is 10.6 Å². The van der Waals surface area contributed by atoms with Crippen LogP contribution in [0.4, 0.5) is 10.1 Å². The Bertz CT molecular complexity index is 742. The maximum absolute atomic E-state index is 13.0. The summed E-state index contributed by atoms with van der Waals surface area (Å²) in [6, 6.07) is 6.54. The van der Waals surface area contributed by atoms with Gasteiger partial charge < -0.3 is 20.0 Å². The first kappa shape index (κ1) is 16.2. The van der Waals surface area contributed by atoms with E-state index in [0.29, 0.717) is 25.3 Å². The van der Waals surface area contributed by atoms with E-state index in [9.17, 15) is 14.0 Å². The van der Waals surface area contributed by atoms with Gasteiger partial charge in [-0.2, -0.15) is 0 Å². The predicted octanol–water partition coefficient (Wildman–Crippen LogP) is 1.78. The number of hydrogen-bond acceptors (Lipinski definition) is 4. The minimum atomic E-state index is -0.666. The summed E-state index contributed by atoms with van der Waals surface area (Å²) in [5.41, 5.74) is 1.21. The third kappa shape index (κ3) is 3.30. The lowest BCUT2D eigenvalue weighted by molar-refractivity contribution is -0.121. The molecular weight excluding hydrogens is 313 g/mol. The van der Waals surface area contributed by atoms with Gasteiger partial charge in [0.2, 0.25) is 5.91 Å². The van der Waals surface area contributed by atoms with Gasteiger partial charge in [-0.15, -0.1) is 0 Å². The molecule has 2 heterocycles. The fraction of sp³-hybridized carbons (Fsp3) is 0.294. The molecule has 1 fully saturated rings. The van der Waals surface area contributed by atoms with Crippen LogP contribution in [0.5, 0.6) is 0 Å². The molecule has 2 aromatic rings. The number of halogens is 1. The third-order valence-electron chi connectivity index (χ3n) is 3.97. The van der Waals surface area contributed by atoms with Gasteiger partial charge in [-0.3, -0.25) is 9.59 Å². The van der Waals surface area contributed by atoms with Gasteiger partial charge in [0, 0.05) is 30.9 Å². The molecule has 1 aliphatic rings. The number of nitrogens with one attached hydrogen (secondary N) is 2. The van der Waals surface area contributed by atoms with Gasteiger partial charge in [0.15, 0.2) is 5.76 Å². The molecular formula is C17H18FN3O3. The Balaban J connectivity index is 1.76. The lowest BCUT2D eigenvalue weighted by atomic mass is 10.1. The Kier molecular flexibility index (Phi) is 4.61. The van der Waals surface area contributed by atoms with E-state index >= 15 is 0 Å². The number of amides is 2. The van der Waals surface area contributed by atoms with Crippen LogP contribution in [-0.4, -0.2) is 42.4 Å². The van der Waals surface area contributed by atoms with E-state index in [1.807, 2.05) is 0 Å². The first-order valence-electron chi connectivity index (χ1n) is 7.68. The average Bonchev–Trinajstić information content (AvgIpc) is 3.02. The standard InChI is InChI=1S/C17H18FN3O3/c1-11-6-9-24-15(11)17(23)21-8-7-19-10-14(21)16(22)20-13-4-2-12(18)3-5-13/h2-6,9,14,19H,7-8,10H2,1H3,(H,20,22). The van der Waals surface area contributed by atoms with Crippen LogP contribution in [0, 0.1) is 12.7 Å². The number of aryl methyl sites for hydroxylation is 1. The van der Waals surface area contributed by atoms with Crippen molar-refractivity contribution in [1.82, 2.24) is 10.2 Å². The van der Waals surface area contributed by atoms with E-state index in [4.69, 9.17) is 4.42 Å². The van der Waals surface area contributed by atoms with Crippen molar-refractivity contribution >= 4 is 17.5 Å². The molecule has 1 aromatic heterocycles. The van der Waals surface area contributed by atoms with Gasteiger partial charge in [-0.1, -0.05) is 0 Å². The van der Waals surface area contributed by atoms with Crippen molar-refractivity contribution in [2.75, 3.05) is 25.0 Å². The molecule has 6 nitrogen and oxygen atoms in total. The zero-order valence-corrected chi connectivity index (χ0v) is 13.2. The van der Waals surface area contributed by atoms with Gasteiger partial charge >= 0.3 is 0 Å². The number of rotatable bonds is 3. The van der Waals surface area contributed by atoms with Crippen LogP contribution in [0.1, 0.15) is 16.1 Å². The Morgan fingerprint density at radius 2 is 2.04 bits per heavy atom. The van der Waals surface area contributed by atoms with Crippen LogP contribution in [0.3, 0.4) is 0 Å². The zero-order chi connectivity index (χ0) is 17.1. The van der Waals surface area contributed by atoms with E-state index in [1.54, 1.807) is 13.0 Å². The molecule has 7 heteroatoms. The lowest BCUT2D eigenvalue weighted by Crippen LogP contribution is -2.58. The highest BCUT2D eigenvalue weighted by molar-refractivity contribution is 6.00. The summed E-state index contributed by atoms with van der Waals surface area (Å²) in [6.45, 7) is 3.14. The number of nitrogens with zero attached hydrogens (tertiary/aromatic N) is 1. The summed E-state index contributed by atoms with van der Waals surface area (Å²) in [5.74, 6) is -0.765. The quantitative estimate of drug-likeness (QED) is 0.899. The highest BCUT2D eigenvalue weighted by Crippen LogP contribution is 2.17. The highest BCUT2D eigenvalue weighted by atomic mass is 19.1. The molecule has 0 spiro atoms. The van der Waals surface area contributed by atoms with Crippen molar-refractivity contribution in [3.63, 3.8) is 0 Å². The maximum atomic E-state index is 13.0. The third-order valence-corrected chi connectivity index (χ3v) is 3.97. The lowest BCUT2D eigenvalue weighted by Gasteiger charge is -2.34. The van der Waals surface area contributed by atoms with Gasteiger partial charge in [0.25, 0.3) is 5.91 Å². The summed E-state index contributed by atoms with van der Waals surface area (Å²) >= 11 is 0. The van der Waals surface area contributed by atoms with Crippen LogP contribution in [0.2, 0.25) is 0 Å². The summed E-state index contributed by atoms with van der Waals surface area (Å²) in [6.07, 6.45) is 1.46. The molecule has 126 valence electrons. The largest absolute Gasteiger partial charge is 0.459 e. The number of piperazine rings is 1. The van der Waals surface area contributed by atoms with Crippen molar-refractivity contribution in [2.45, 2.75) is 13.0 Å². The number of anilines is 1. The number of carbonyl (C=O) groups excluding carboxylic acids is 2. The summed E-state index contributed by atoms with van der Waals surface area (Å²) < 4.78 is 18.2. The van der Waals surface area contributed by atoms with Crippen molar-refractivity contribution in [1.29, 1.82) is 0 Å². The van der Waals surface area contributed by atoms with Crippen LogP contribution in [0.25, 0.3) is 0 Å². The molecule has 1 unspecified atom stereocenters. The van der Waals surface area contributed by atoms with E-state index < -0.39 is 6.04 Å². The molecule has 1 saturated heterocycles. The summed E-state index contributed by atoms with van der Waals surface area (Å²) in [5, 5.41) is 5.82. The smallest absolute Gasteiger partial charge is 0.290 e. The van der Waals surface area contributed by atoms with Gasteiger partial charge in [0.1, 0.15) is 11.9 Å². The molecule has 0 aliphatic carbocycles. The zero-order valence-electron chi connectivity index (χ0n) is 13.2. The van der Waals surface area contributed by atoms with Gasteiger partial charge in [-0.25, -0.2) is 4.39 Å². The minimum absolute atomic E-state index is 0.247. The number of furan rings is 1. The van der Waals surface area contributed by atoms with Crippen LogP contribution in [-0.2, 0) is 4.79 Å². The van der Waals surface area contributed by atoms with E-state index in [-0.39, 0.29) is 23.4 Å². The topological polar surface area (TPSA) is 74.6 Å². The first-order chi connectivity index (χ1) is 11.6. The Morgan fingerprint density at radius 3 is 2.71 bits per heavy atom. The van der Waals surface area contributed by atoms with Crippen molar-refractivity contribution in [3.05, 3.63) is 53.7 Å². The number of hydrogen-bond donors (Lipinski definition) is 2. The molecule has 3 rings (SSSR count). The predicted molar refractivity (Wildman–Crippen MR) is 86.2 cm³/mol. The molecule has 1 aromatic carbocycles. The molecule has 1 aliphatic heterocycles. The number of benzene rings is 1. The Morgan fingerprint density at radius 1 is 1.29 bits per heavy atom. The fourth-order valence-corrected chi connectivity index (χ4v) is 2.66. The fourth-order valence-electron chi connectivity index (χ4n) is 2.66. The van der Waals surface area contributed by atoms with Gasteiger partial charge in [-0.05, 0) is 37.3 Å². The maximum Gasteiger partial charge on any atom is 0.290 e. The van der Waals surface area contributed by atoms with E-state index in [0.717, 1.165) is 5.56 Å². The Labute approximate surface area is 138 Å². The van der Waals surface area contributed by atoms with Crippen LogP contribution < -0.4 is 10.6 Å². The van der Waals surface area contributed by atoms with Crippen molar-refractivity contribution in [2.24, 2.45) is 0 Å². The first-order valence-corrected chi connectivity index (χ1v) is 7.68. The Hall–Kier alpha value is -2.67. The molecule has 24 heavy (non-hydrogen) atoms. The normalized spacial score (nSPS) is 17.6. The second-order valence-corrected chi connectivity index (χ2v) is 5.65. The molecule has 0 saturated carbocycles. The van der Waals surface area contributed by atoms with Gasteiger partial charge in [0.05, 0.1) is 6.26 Å². The minimum Gasteiger partial charge on any atom is -0.459 e. The van der Waals surface area contributed by atoms with Crippen LogP contribution >= 0.6 is 0 Å². The second-order valence-electron chi connectivity index (χ2n) is 5.65.